The van der Waals surface area contributed by atoms with Crippen LogP contribution < -0.4 is 0 Å². The molecule has 0 heterocycles. The number of halogens is 2. The van der Waals surface area contributed by atoms with E-state index in [4.69, 9.17) is 0 Å². The maximum atomic E-state index is 12.4. The van der Waals surface area contributed by atoms with E-state index in [1.54, 1.807) is 0 Å². The first-order chi connectivity index (χ1) is 7.10. The molecule has 0 aromatic heterocycles. The lowest BCUT2D eigenvalue weighted by Crippen LogP contribution is -2.03. The number of rotatable bonds is 3. The standard InChI is InChI=1S/C10H8F2O3/c1-15-10(14)6-2-3-8(9(11)12)7(4-6)5-13/h2-5,9H,1H3. The average molecular weight is 214 g/mol. The number of methoxy groups -OCH3 is 1. The topological polar surface area (TPSA) is 43.4 Å². The summed E-state index contributed by atoms with van der Waals surface area (Å²) in [6, 6.07) is 3.32. The number of aldehydes is 1. The van der Waals surface area contributed by atoms with E-state index in [0.717, 1.165) is 12.1 Å². The summed E-state index contributed by atoms with van der Waals surface area (Å²) in [6.45, 7) is 0. The van der Waals surface area contributed by atoms with E-state index < -0.39 is 18.0 Å². The van der Waals surface area contributed by atoms with Crippen LogP contribution in [0.15, 0.2) is 18.2 Å². The van der Waals surface area contributed by atoms with E-state index in [1.165, 1.54) is 13.2 Å². The molecule has 0 aliphatic heterocycles. The second-order valence-electron chi connectivity index (χ2n) is 2.75. The van der Waals surface area contributed by atoms with Crippen molar-refractivity contribution in [1.82, 2.24) is 0 Å². The molecule has 1 aromatic rings. The summed E-state index contributed by atoms with van der Waals surface area (Å²) in [5.74, 6) is -0.668. The Morgan fingerprint density at radius 1 is 1.47 bits per heavy atom. The summed E-state index contributed by atoms with van der Waals surface area (Å²) in [6.07, 6.45) is -2.45. The minimum atomic E-state index is -2.74. The van der Waals surface area contributed by atoms with Crippen LogP contribution in [0.3, 0.4) is 0 Å². The fourth-order valence-electron chi connectivity index (χ4n) is 1.12. The van der Waals surface area contributed by atoms with Crippen molar-refractivity contribution in [2.24, 2.45) is 0 Å². The van der Waals surface area contributed by atoms with Crippen molar-refractivity contribution in [3.8, 4) is 0 Å². The summed E-state index contributed by atoms with van der Waals surface area (Å²) in [4.78, 5) is 21.5. The molecule has 0 saturated carbocycles. The number of esters is 1. The van der Waals surface area contributed by atoms with Gasteiger partial charge < -0.3 is 4.74 Å². The van der Waals surface area contributed by atoms with E-state index >= 15 is 0 Å². The van der Waals surface area contributed by atoms with Crippen molar-refractivity contribution in [2.45, 2.75) is 6.43 Å². The number of hydrogen-bond acceptors (Lipinski definition) is 3. The minimum absolute atomic E-state index is 0.0731. The molecule has 0 N–H and O–H groups in total. The monoisotopic (exact) mass is 214 g/mol. The van der Waals surface area contributed by atoms with Gasteiger partial charge in [-0.15, -0.1) is 0 Å². The van der Waals surface area contributed by atoms with Gasteiger partial charge in [-0.1, -0.05) is 6.07 Å². The predicted octanol–water partition coefficient (Wildman–Crippen LogP) is 2.22. The summed E-state index contributed by atoms with van der Waals surface area (Å²) in [7, 11) is 1.17. The van der Waals surface area contributed by atoms with Gasteiger partial charge in [-0.05, 0) is 12.1 Å². The van der Waals surface area contributed by atoms with Gasteiger partial charge in [0.25, 0.3) is 6.43 Å². The third kappa shape index (κ3) is 2.37. The predicted molar refractivity (Wildman–Crippen MR) is 48.1 cm³/mol. The van der Waals surface area contributed by atoms with Crippen molar-refractivity contribution in [3.05, 3.63) is 34.9 Å². The Morgan fingerprint density at radius 2 is 2.13 bits per heavy atom. The second kappa shape index (κ2) is 4.63. The molecule has 0 saturated heterocycles. The van der Waals surface area contributed by atoms with Crippen LogP contribution in [0.25, 0.3) is 0 Å². The third-order valence-corrected chi connectivity index (χ3v) is 1.87. The van der Waals surface area contributed by atoms with Crippen molar-refractivity contribution >= 4 is 12.3 Å². The zero-order valence-corrected chi connectivity index (χ0v) is 7.87. The Hall–Kier alpha value is -1.78. The average Bonchev–Trinajstić information content (AvgIpc) is 2.26. The molecule has 0 atom stereocenters. The molecule has 1 rings (SSSR count). The van der Waals surface area contributed by atoms with Gasteiger partial charge in [-0.2, -0.15) is 0 Å². The molecule has 0 unspecified atom stereocenters. The van der Waals surface area contributed by atoms with E-state index in [2.05, 4.69) is 4.74 Å². The molecule has 0 fully saturated rings. The lowest BCUT2D eigenvalue weighted by Gasteiger charge is -2.05. The Kier molecular flexibility index (Phi) is 3.49. The van der Waals surface area contributed by atoms with Gasteiger partial charge in [0, 0.05) is 11.1 Å². The molecule has 0 amide bonds. The highest BCUT2D eigenvalue weighted by Crippen LogP contribution is 2.22. The van der Waals surface area contributed by atoms with Crippen LogP contribution >= 0.6 is 0 Å². The van der Waals surface area contributed by atoms with Gasteiger partial charge in [-0.3, -0.25) is 4.79 Å². The van der Waals surface area contributed by atoms with E-state index in [0.29, 0.717) is 0 Å². The van der Waals surface area contributed by atoms with Gasteiger partial charge in [0.05, 0.1) is 12.7 Å². The number of alkyl halides is 2. The van der Waals surface area contributed by atoms with Gasteiger partial charge >= 0.3 is 5.97 Å². The molecule has 15 heavy (non-hydrogen) atoms. The lowest BCUT2D eigenvalue weighted by atomic mass is 10.1. The highest BCUT2D eigenvalue weighted by Gasteiger charge is 2.15. The molecule has 0 bridgehead atoms. The quantitative estimate of drug-likeness (QED) is 0.572. The largest absolute Gasteiger partial charge is 0.465 e. The molecule has 0 aliphatic rings. The van der Waals surface area contributed by atoms with Crippen LogP contribution in [0.4, 0.5) is 8.78 Å². The molecular formula is C10H8F2O3. The van der Waals surface area contributed by atoms with Crippen LogP contribution in [-0.2, 0) is 4.74 Å². The molecule has 0 radical (unpaired) electrons. The van der Waals surface area contributed by atoms with Gasteiger partial charge in [0.15, 0.2) is 6.29 Å². The van der Waals surface area contributed by atoms with Crippen molar-refractivity contribution in [2.75, 3.05) is 7.11 Å². The maximum absolute atomic E-state index is 12.4. The van der Waals surface area contributed by atoms with Gasteiger partial charge in [0.2, 0.25) is 0 Å². The molecule has 80 valence electrons. The zero-order valence-electron chi connectivity index (χ0n) is 7.87. The van der Waals surface area contributed by atoms with Crippen LogP contribution in [0.1, 0.15) is 32.7 Å². The summed E-state index contributed by atoms with van der Waals surface area (Å²) in [5.41, 5.74) is -0.519. The lowest BCUT2D eigenvalue weighted by molar-refractivity contribution is 0.0600. The Labute approximate surface area is 84.7 Å². The molecule has 1 aromatic carbocycles. The Balaban J connectivity index is 3.19. The second-order valence-corrected chi connectivity index (χ2v) is 2.75. The highest BCUT2D eigenvalue weighted by molar-refractivity contribution is 5.92. The first-order valence-corrected chi connectivity index (χ1v) is 4.05. The first-order valence-electron chi connectivity index (χ1n) is 4.05. The molecule has 0 aliphatic carbocycles. The fourth-order valence-corrected chi connectivity index (χ4v) is 1.12. The van der Waals surface area contributed by atoms with Crippen molar-refractivity contribution in [1.29, 1.82) is 0 Å². The normalized spacial score (nSPS) is 10.1. The van der Waals surface area contributed by atoms with Crippen LogP contribution in [0.5, 0.6) is 0 Å². The van der Waals surface area contributed by atoms with Crippen molar-refractivity contribution < 1.29 is 23.1 Å². The van der Waals surface area contributed by atoms with Gasteiger partial charge in [0.1, 0.15) is 0 Å². The molecule has 3 nitrogen and oxygen atoms in total. The summed E-state index contributed by atoms with van der Waals surface area (Å²) in [5, 5.41) is 0. The van der Waals surface area contributed by atoms with Crippen molar-refractivity contribution in [3.63, 3.8) is 0 Å². The van der Waals surface area contributed by atoms with Crippen LogP contribution in [0, 0.1) is 0 Å². The number of benzene rings is 1. The maximum Gasteiger partial charge on any atom is 0.337 e. The van der Waals surface area contributed by atoms with E-state index in [9.17, 15) is 18.4 Å². The summed E-state index contributed by atoms with van der Waals surface area (Å²) >= 11 is 0. The van der Waals surface area contributed by atoms with E-state index in [1.807, 2.05) is 0 Å². The fraction of sp³-hybridized carbons (Fsp3) is 0.200. The van der Waals surface area contributed by atoms with Crippen LogP contribution in [-0.4, -0.2) is 19.4 Å². The highest BCUT2D eigenvalue weighted by atomic mass is 19.3. The Morgan fingerprint density at radius 3 is 2.60 bits per heavy atom. The number of ether oxygens (including phenoxy) is 1. The number of carbonyl (C=O) groups is 2. The first kappa shape index (κ1) is 11.3. The molecule has 5 heteroatoms. The van der Waals surface area contributed by atoms with Crippen LogP contribution in [0.2, 0.25) is 0 Å². The molecule has 0 spiro atoms. The smallest absolute Gasteiger partial charge is 0.337 e. The number of hydrogen-bond donors (Lipinski definition) is 0. The zero-order chi connectivity index (χ0) is 11.4. The minimum Gasteiger partial charge on any atom is -0.465 e. The summed E-state index contributed by atoms with van der Waals surface area (Å²) < 4.78 is 29.1. The molecular weight excluding hydrogens is 206 g/mol. The Bertz CT molecular complexity index is 388. The van der Waals surface area contributed by atoms with Gasteiger partial charge in [-0.25, -0.2) is 13.6 Å². The SMILES string of the molecule is COC(=O)c1ccc(C(F)F)c(C=O)c1. The van der Waals surface area contributed by atoms with E-state index in [-0.39, 0.29) is 17.4 Å². The third-order valence-electron chi connectivity index (χ3n) is 1.87. The number of carbonyl (C=O) groups excluding carboxylic acids is 2.